The molecule has 1 aromatic heterocycles. The summed E-state index contributed by atoms with van der Waals surface area (Å²) in [7, 11) is 1.62. The summed E-state index contributed by atoms with van der Waals surface area (Å²) < 4.78 is 1.29. The van der Waals surface area contributed by atoms with Gasteiger partial charge in [-0.1, -0.05) is 25.7 Å². The average molecular weight is 331 g/mol. The summed E-state index contributed by atoms with van der Waals surface area (Å²) in [6.07, 6.45) is 9.91. The van der Waals surface area contributed by atoms with Crippen molar-refractivity contribution in [2.24, 2.45) is 12.5 Å². The third-order valence-electron chi connectivity index (χ3n) is 6.05. The molecule has 0 aromatic carbocycles. The molecule has 5 heteroatoms. The first-order chi connectivity index (χ1) is 11.4. The Hall–Kier alpha value is -1.65. The maximum absolute atomic E-state index is 13.1. The number of aromatic nitrogens is 2. The summed E-state index contributed by atoms with van der Waals surface area (Å²) in [4.78, 5) is 27.6. The van der Waals surface area contributed by atoms with Crippen molar-refractivity contribution in [2.75, 3.05) is 13.1 Å². The Kier molecular flexibility index (Phi) is 4.79. The lowest BCUT2D eigenvalue weighted by Gasteiger charge is -2.43. The Labute approximate surface area is 144 Å². The zero-order chi connectivity index (χ0) is 17.3. The van der Waals surface area contributed by atoms with Gasteiger partial charge in [0.15, 0.2) is 0 Å². The molecule has 5 nitrogen and oxygen atoms in total. The van der Waals surface area contributed by atoms with Crippen molar-refractivity contribution in [3.8, 4) is 0 Å². The van der Waals surface area contributed by atoms with Crippen LogP contribution in [0.4, 0.5) is 0 Å². The van der Waals surface area contributed by atoms with Crippen LogP contribution in [-0.4, -0.2) is 33.7 Å². The van der Waals surface area contributed by atoms with Gasteiger partial charge in [-0.05, 0) is 50.5 Å². The van der Waals surface area contributed by atoms with Crippen LogP contribution in [0.15, 0.2) is 4.79 Å². The van der Waals surface area contributed by atoms with E-state index in [2.05, 4.69) is 5.10 Å². The van der Waals surface area contributed by atoms with Crippen molar-refractivity contribution in [1.82, 2.24) is 14.7 Å². The lowest BCUT2D eigenvalue weighted by atomic mass is 9.74. The summed E-state index contributed by atoms with van der Waals surface area (Å²) in [5.74, 6) is -0.0954. The molecule has 1 aliphatic heterocycles. The number of hydrogen-bond donors (Lipinski definition) is 0. The fourth-order valence-corrected chi connectivity index (χ4v) is 4.53. The van der Waals surface area contributed by atoms with Gasteiger partial charge in [-0.15, -0.1) is 0 Å². The first kappa shape index (κ1) is 17.2. The van der Waals surface area contributed by atoms with Gasteiger partial charge in [-0.3, -0.25) is 9.59 Å². The molecule has 2 heterocycles. The molecule has 1 spiro atoms. The monoisotopic (exact) mass is 331 g/mol. The van der Waals surface area contributed by atoms with E-state index in [1.54, 1.807) is 7.05 Å². The molecule has 1 aliphatic carbocycles. The fraction of sp³-hybridized carbons (Fsp3) is 0.737. The highest BCUT2D eigenvalue weighted by molar-refractivity contribution is 5.95. The van der Waals surface area contributed by atoms with Crippen molar-refractivity contribution >= 4 is 5.91 Å². The second-order valence-electron chi connectivity index (χ2n) is 7.76. The Balaban J connectivity index is 1.89. The van der Waals surface area contributed by atoms with Crippen molar-refractivity contribution in [3.05, 3.63) is 27.2 Å². The van der Waals surface area contributed by atoms with E-state index in [4.69, 9.17) is 0 Å². The van der Waals surface area contributed by atoms with Crippen LogP contribution in [-0.2, 0) is 7.05 Å². The van der Waals surface area contributed by atoms with Crippen LogP contribution in [0, 0.1) is 19.3 Å². The zero-order valence-corrected chi connectivity index (χ0v) is 15.2. The van der Waals surface area contributed by atoms with Crippen LogP contribution < -0.4 is 5.56 Å². The number of carbonyl (C=O) groups is 1. The Morgan fingerprint density at radius 1 is 1.04 bits per heavy atom. The van der Waals surface area contributed by atoms with Crippen LogP contribution in [0.3, 0.4) is 0 Å². The summed E-state index contributed by atoms with van der Waals surface area (Å²) in [5.41, 5.74) is 1.80. The molecule has 132 valence electrons. The highest BCUT2D eigenvalue weighted by Gasteiger charge is 2.38. The predicted octanol–water partition coefficient (Wildman–Crippen LogP) is 2.97. The number of hydrogen-bond acceptors (Lipinski definition) is 3. The summed E-state index contributed by atoms with van der Waals surface area (Å²) in [6.45, 7) is 5.28. The van der Waals surface area contributed by atoms with Gasteiger partial charge in [0.1, 0.15) is 5.56 Å². The highest BCUT2D eigenvalue weighted by atomic mass is 16.2. The van der Waals surface area contributed by atoms with E-state index in [1.807, 2.05) is 18.7 Å². The van der Waals surface area contributed by atoms with Crippen molar-refractivity contribution in [2.45, 2.75) is 65.2 Å². The largest absolute Gasteiger partial charge is 0.338 e. The third-order valence-corrected chi connectivity index (χ3v) is 6.05. The molecular weight excluding hydrogens is 302 g/mol. The van der Waals surface area contributed by atoms with Gasteiger partial charge < -0.3 is 4.90 Å². The molecular formula is C19H29N3O2. The smallest absolute Gasteiger partial charge is 0.279 e. The van der Waals surface area contributed by atoms with E-state index in [0.29, 0.717) is 5.56 Å². The normalized spacial score (nSPS) is 20.9. The van der Waals surface area contributed by atoms with Crippen molar-refractivity contribution in [3.63, 3.8) is 0 Å². The fourth-order valence-electron chi connectivity index (χ4n) is 4.53. The number of likely N-dealkylation sites (tertiary alicyclic amines) is 1. The molecule has 0 unspecified atom stereocenters. The van der Waals surface area contributed by atoms with Crippen LogP contribution in [0.2, 0.25) is 0 Å². The Bertz CT molecular complexity index is 685. The van der Waals surface area contributed by atoms with Gasteiger partial charge in [-0.25, -0.2) is 4.68 Å². The lowest BCUT2D eigenvalue weighted by molar-refractivity contribution is 0.0462. The van der Waals surface area contributed by atoms with Crippen LogP contribution in [0.1, 0.15) is 73.0 Å². The SMILES string of the molecule is Cc1nn(C)c(=O)c(C(=O)N2CCCC3(CCCCCC3)C2)c1C. The minimum Gasteiger partial charge on any atom is -0.338 e. The topological polar surface area (TPSA) is 55.2 Å². The Morgan fingerprint density at radius 3 is 2.33 bits per heavy atom. The summed E-state index contributed by atoms with van der Waals surface area (Å²) in [6, 6.07) is 0. The zero-order valence-electron chi connectivity index (χ0n) is 15.2. The first-order valence-electron chi connectivity index (χ1n) is 9.27. The molecule has 1 saturated carbocycles. The molecule has 0 atom stereocenters. The molecule has 1 amide bonds. The van der Waals surface area contributed by atoms with E-state index in [1.165, 1.54) is 49.6 Å². The molecule has 0 radical (unpaired) electrons. The second kappa shape index (κ2) is 6.69. The maximum Gasteiger partial charge on any atom is 0.279 e. The predicted molar refractivity (Wildman–Crippen MR) is 94.2 cm³/mol. The molecule has 2 aliphatic rings. The number of carbonyl (C=O) groups excluding carboxylic acids is 1. The molecule has 1 saturated heterocycles. The van der Waals surface area contributed by atoms with Crippen molar-refractivity contribution in [1.29, 1.82) is 0 Å². The van der Waals surface area contributed by atoms with E-state index >= 15 is 0 Å². The first-order valence-corrected chi connectivity index (χ1v) is 9.27. The molecule has 3 rings (SSSR count). The van der Waals surface area contributed by atoms with Gasteiger partial charge in [0.05, 0.1) is 5.69 Å². The lowest BCUT2D eigenvalue weighted by Crippen LogP contribution is -2.48. The number of rotatable bonds is 1. The van der Waals surface area contributed by atoms with Crippen LogP contribution in [0.5, 0.6) is 0 Å². The van der Waals surface area contributed by atoms with E-state index in [0.717, 1.165) is 30.8 Å². The van der Waals surface area contributed by atoms with E-state index < -0.39 is 0 Å². The summed E-state index contributed by atoms with van der Waals surface area (Å²) >= 11 is 0. The van der Waals surface area contributed by atoms with E-state index in [-0.39, 0.29) is 16.9 Å². The molecule has 0 bridgehead atoms. The Morgan fingerprint density at radius 2 is 1.67 bits per heavy atom. The standard InChI is InChI=1S/C19H29N3O2/c1-14-15(2)20-21(3)17(23)16(14)18(24)22-12-8-11-19(13-22)9-6-4-5-7-10-19/h4-13H2,1-3H3. The van der Waals surface area contributed by atoms with E-state index in [9.17, 15) is 9.59 Å². The number of nitrogens with zero attached hydrogens (tertiary/aromatic N) is 3. The number of piperidine rings is 1. The maximum atomic E-state index is 13.1. The van der Waals surface area contributed by atoms with Gasteiger partial charge >= 0.3 is 0 Å². The average Bonchev–Trinajstić information content (AvgIpc) is 2.79. The molecule has 0 N–H and O–H groups in total. The van der Waals surface area contributed by atoms with Crippen molar-refractivity contribution < 1.29 is 4.79 Å². The molecule has 1 aromatic rings. The summed E-state index contributed by atoms with van der Waals surface area (Å²) in [5, 5.41) is 4.19. The van der Waals surface area contributed by atoms with Gasteiger partial charge in [0.25, 0.3) is 11.5 Å². The van der Waals surface area contributed by atoms with Gasteiger partial charge in [0, 0.05) is 20.1 Å². The number of amides is 1. The van der Waals surface area contributed by atoms with Gasteiger partial charge in [0.2, 0.25) is 0 Å². The van der Waals surface area contributed by atoms with Gasteiger partial charge in [-0.2, -0.15) is 5.10 Å². The second-order valence-corrected chi connectivity index (χ2v) is 7.76. The molecule has 2 fully saturated rings. The quantitative estimate of drug-likeness (QED) is 0.795. The minimum atomic E-state index is -0.274. The third kappa shape index (κ3) is 3.13. The number of aryl methyl sites for hydroxylation is 2. The minimum absolute atomic E-state index is 0.0954. The highest BCUT2D eigenvalue weighted by Crippen LogP contribution is 2.42. The van der Waals surface area contributed by atoms with Crippen LogP contribution >= 0.6 is 0 Å². The molecule has 24 heavy (non-hydrogen) atoms. The van der Waals surface area contributed by atoms with Crippen LogP contribution in [0.25, 0.3) is 0 Å².